The highest BCUT2D eigenvalue weighted by molar-refractivity contribution is 5.79. The average Bonchev–Trinajstić information content (AvgIpc) is 1.81. The van der Waals surface area contributed by atoms with Crippen LogP contribution in [0.1, 0.15) is 46.5 Å². The summed E-state index contributed by atoms with van der Waals surface area (Å²) in [6.07, 6.45) is 4.18. The quantitative estimate of drug-likeness (QED) is 0.619. The lowest BCUT2D eigenvalue weighted by Gasteiger charge is -2.26. The zero-order valence-electron chi connectivity index (χ0n) is 8.47. The molecule has 1 aliphatic carbocycles. The average molecular weight is 168 g/mol. The van der Waals surface area contributed by atoms with E-state index in [0.29, 0.717) is 17.6 Å². The minimum Gasteiger partial charge on any atom is -0.300 e. The first-order valence-corrected chi connectivity index (χ1v) is 5.09. The van der Waals surface area contributed by atoms with E-state index >= 15 is 0 Å². The van der Waals surface area contributed by atoms with Crippen LogP contribution in [0.2, 0.25) is 0 Å². The molecule has 0 aromatic carbocycles. The summed E-state index contributed by atoms with van der Waals surface area (Å²) in [6.45, 7) is 6.68. The number of hydrogen-bond acceptors (Lipinski definition) is 1. The Bertz CT molecular complexity index is 158. The van der Waals surface area contributed by atoms with Crippen LogP contribution < -0.4 is 0 Å². The number of ketones is 1. The molecule has 0 aliphatic heterocycles. The Hall–Kier alpha value is -0.330. The summed E-state index contributed by atoms with van der Waals surface area (Å²) in [5.74, 6) is 2.55. The fraction of sp³-hybridized carbons (Fsp3) is 0.909. The summed E-state index contributed by atoms with van der Waals surface area (Å²) in [4.78, 5) is 11.3. The number of rotatable bonds is 2. The monoisotopic (exact) mass is 168 g/mol. The minimum atomic E-state index is 0.486. The highest BCUT2D eigenvalue weighted by Crippen LogP contribution is 2.30. The van der Waals surface area contributed by atoms with Crippen LogP contribution in [0, 0.1) is 17.8 Å². The van der Waals surface area contributed by atoms with Gasteiger partial charge in [-0.25, -0.2) is 0 Å². The van der Waals surface area contributed by atoms with E-state index in [2.05, 4.69) is 20.8 Å². The lowest BCUT2D eigenvalue weighted by Crippen LogP contribution is -2.22. The Morgan fingerprint density at radius 3 is 2.58 bits per heavy atom. The van der Waals surface area contributed by atoms with Gasteiger partial charge < -0.3 is 0 Å². The van der Waals surface area contributed by atoms with Crippen LogP contribution in [-0.4, -0.2) is 5.78 Å². The Kier molecular flexibility index (Phi) is 3.30. The van der Waals surface area contributed by atoms with Gasteiger partial charge in [-0.05, 0) is 30.6 Å². The maximum absolute atomic E-state index is 11.3. The van der Waals surface area contributed by atoms with Crippen LogP contribution >= 0.6 is 0 Å². The van der Waals surface area contributed by atoms with Crippen molar-refractivity contribution < 1.29 is 4.79 Å². The fourth-order valence-electron chi connectivity index (χ4n) is 2.38. The van der Waals surface area contributed by atoms with Gasteiger partial charge in [0, 0.05) is 12.8 Å². The van der Waals surface area contributed by atoms with Gasteiger partial charge in [-0.3, -0.25) is 4.79 Å². The van der Waals surface area contributed by atoms with Gasteiger partial charge in [-0.15, -0.1) is 0 Å². The van der Waals surface area contributed by atoms with Crippen molar-refractivity contribution in [2.45, 2.75) is 46.5 Å². The van der Waals surface area contributed by atoms with Gasteiger partial charge in [-0.1, -0.05) is 20.8 Å². The van der Waals surface area contributed by atoms with Crippen molar-refractivity contribution in [3.63, 3.8) is 0 Å². The molecule has 0 saturated heterocycles. The normalized spacial score (nSPS) is 31.2. The summed E-state index contributed by atoms with van der Waals surface area (Å²) >= 11 is 0. The molecule has 12 heavy (non-hydrogen) atoms. The second-order valence-electron chi connectivity index (χ2n) is 4.78. The molecule has 1 aliphatic rings. The van der Waals surface area contributed by atoms with Gasteiger partial charge in [0.05, 0.1) is 0 Å². The topological polar surface area (TPSA) is 17.1 Å². The Balaban J connectivity index is 2.39. The van der Waals surface area contributed by atoms with Crippen LogP contribution in [0.4, 0.5) is 0 Å². The van der Waals surface area contributed by atoms with E-state index in [-0.39, 0.29) is 0 Å². The molecule has 0 heterocycles. The van der Waals surface area contributed by atoms with Gasteiger partial charge in [0.2, 0.25) is 0 Å². The van der Waals surface area contributed by atoms with Crippen molar-refractivity contribution >= 4 is 5.78 Å². The van der Waals surface area contributed by atoms with Crippen LogP contribution in [0.3, 0.4) is 0 Å². The van der Waals surface area contributed by atoms with Crippen molar-refractivity contribution in [2.24, 2.45) is 17.8 Å². The zero-order valence-corrected chi connectivity index (χ0v) is 8.47. The maximum atomic E-state index is 11.3. The van der Waals surface area contributed by atoms with Crippen LogP contribution in [0.15, 0.2) is 0 Å². The number of Topliss-reactive ketones (excluding diaryl/α,β-unsaturated/α-hetero) is 1. The molecule has 2 atom stereocenters. The van der Waals surface area contributed by atoms with E-state index in [9.17, 15) is 4.79 Å². The van der Waals surface area contributed by atoms with E-state index in [1.807, 2.05) is 0 Å². The highest BCUT2D eigenvalue weighted by Gasteiger charge is 2.24. The highest BCUT2D eigenvalue weighted by atomic mass is 16.1. The molecule has 2 unspecified atom stereocenters. The molecule has 1 heteroatoms. The maximum Gasteiger partial charge on any atom is 0.133 e. The van der Waals surface area contributed by atoms with Crippen molar-refractivity contribution in [3.8, 4) is 0 Å². The third-order valence-electron chi connectivity index (χ3n) is 2.63. The Morgan fingerprint density at radius 2 is 2.08 bits per heavy atom. The smallest absolute Gasteiger partial charge is 0.133 e. The lowest BCUT2D eigenvalue weighted by atomic mass is 9.78. The summed E-state index contributed by atoms with van der Waals surface area (Å²) in [6, 6.07) is 0. The number of carbonyl (C=O) groups is 1. The van der Waals surface area contributed by atoms with Crippen LogP contribution in [0.5, 0.6) is 0 Å². The third kappa shape index (κ3) is 2.96. The van der Waals surface area contributed by atoms with E-state index in [1.54, 1.807) is 0 Å². The van der Waals surface area contributed by atoms with E-state index < -0.39 is 0 Å². The van der Waals surface area contributed by atoms with Crippen LogP contribution in [0.25, 0.3) is 0 Å². The predicted molar refractivity (Wildman–Crippen MR) is 51.0 cm³/mol. The lowest BCUT2D eigenvalue weighted by molar-refractivity contribution is -0.122. The second-order valence-corrected chi connectivity index (χ2v) is 4.78. The largest absolute Gasteiger partial charge is 0.300 e. The van der Waals surface area contributed by atoms with Gasteiger partial charge >= 0.3 is 0 Å². The van der Waals surface area contributed by atoms with Gasteiger partial charge in [0.15, 0.2) is 0 Å². The molecule has 0 radical (unpaired) electrons. The van der Waals surface area contributed by atoms with Crippen molar-refractivity contribution in [3.05, 3.63) is 0 Å². The molecule has 0 amide bonds. The molecule has 0 N–H and O–H groups in total. The summed E-state index contributed by atoms with van der Waals surface area (Å²) in [5, 5.41) is 0. The molecule has 0 aromatic rings. The summed E-state index contributed by atoms with van der Waals surface area (Å²) in [7, 11) is 0. The molecule has 1 nitrogen and oxygen atoms in total. The third-order valence-corrected chi connectivity index (χ3v) is 2.63. The zero-order chi connectivity index (χ0) is 9.14. The Labute approximate surface area is 75.5 Å². The van der Waals surface area contributed by atoms with E-state index in [1.165, 1.54) is 12.8 Å². The van der Waals surface area contributed by atoms with Crippen molar-refractivity contribution in [1.82, 2.24) is 0 Å². The predicted octanol–water partition coefficient (Wildman–Crippen LogP) is 3.04. The van der Waals surface area contributed by atoms with Gasteiger partial charge in [0.25, 0.3) is 0 Å². The first kappa shape index (κ1) is 9.76. The standard InChI is InChI=1S/C11H20O/c1-8(2)4-10-5-9(3)6-11(12)7-10/h8-10H,4-7H2,1-3H3. The van der Waals surface area contributed by atoms with Crippen LogP contribution in [-0.2, 0) is 4.79 Å². The molecule has 0 bridgehead atoms. The molecular formula is C11H20O. The number of hydrogen-bond donors (Lipinski definition) is 0. The Morgan fingerprint density at radius 1 is 1.42 bits per heavy atom. The van der Waals surface area contributed by atoms with E-state index in [0.717, 1.165) is 18.8 Å². The first-order valence-electron chi connectivity index (χ1n) is 5.09. The second kappa shape index (κ2) is 4.06. The molecule has 1 fully saturated rings. The van der Waals surface area contributed by atoms with Gasteiger partial charge in [0.1, 0.15) is 5.78 Å². The van der Waals surface area contributed by atoms with Crippen molar-refractivity contribution in [2.75, 3.05) is 0 Å². The minimum absolute atomic E-state index is 0.486. The molecular weight excluding hydrogens is 148 g/mol. The summed E-state index contributed by atoms with van der Waals surface area (Å²) < 4.78 is 0. The number of carbonyl (C=O) groups excluding carboxylic acids is 1. The first-order chi connectivity index (χ1) is 5.58. The molecule has 1 saturated carbocycles. The summed E-state index contributed by atoms with van der Waals surface area (Å²) in [5.41, 5.74) is 0. The molecule has 0 aromatic heterocycles. The fourth-order valence-corrected chi connectivity index (χ4v) is 2.38. The molecule has 1 rings (SSSR count). The van der Waals surface area contributed by atoms with Gasteiger partial charge in [-0.2, -0.15) is 0 Å². The SMILES string of the molecule is CC(C)CC1CC(=O)CC(C)C1. The molecule has 0 spiro atoms. The van der Waals surface area contributed by atoms with Crippen molar-refractivity contribution in [1.29, 1.82) is 0 Å². The molecule has 70 valence electrons. The van der Waals surface area contributed by atoms with E-state index in [4.69, 9.17) is 0 Å².